The molecule has 0 aliphatic carbocycles. The Labute approximate surface area is 87.1 Å². The Morgan fingerprint density at radius 3 is 1.53 bits per heavy atom. The summed E-state index contributed by atoms with van der Waals surface area (Å²) < 4.78 is 9.21. The van der Waals surface area contributed by atoms with Gasteiger partial charge in [0.05, 0.1) is 25.9 Å². The minimum Gasteiger partial charge on any atom is -0.478 e. The molecule has 15 heavy (non-hydrogen) atoms. The Bertz CT molecular complexity index is 210. The van der Waals surface area contributed by atoms with Gasteiger partial charge in [0.15, 0.2) is 0 Å². The molecule has 6 heteroatoms. The lowest BCUT2D eigenvalue weighted by Crippen LogP contribution is -1.91. The number of carboxylic acids is 2. The standard InChI is InChI=1S/C4H4O4.C3H6O.C2H4O/c5-3(6)1-2-4(7)8;1-3-2-4-3;1-2-3-1/h1-2H,(H,5,6)(H,7,8);3H,2H2,1H3;1-2H2/b2-1+;;. The van der Waals surface area contributed by atoms with E-state index in [0.717, 1.165) is 19.8 Å². The number of carboxylic acid groups (broad SMARTS) is 2. The van der Waals surface area contributed by atoms with Crippen molar-refractivity contribution in [3.8, 4) is 0 Å². The highest BCUT2D eigenvalue weighted by Gasteiger charge is 2.13. The second-order valence-corrected chi connectivity index (χ2v) is 2.77. The van der Waals surface area contributed by atoms with Gasteiger partial charge in [-0.2, -0.15) is 0 Å². The molecule has 2 saturated heterocycles. The van der Waals surface area contributed by atoms with Crippen molar-refractivity contribution in [3.63, 3.8) is 0 Å². The monoisotopic (exact) mass is 218 g/mol. The average Bonchev–Trinajstić information content (AvgIpc) is 2.95. The molecule has 2 N–H and O–H groups in total. The van der Waals surface area contributed by atoms with E-state index in [1.165, 1.54) is 0 Å². The summed E-state index contributed by atoms with van der Waals surface area (Å²) in [5, 5.41) is 15.6. The van der Waals surface area contributed by atoms with E-state index in [2.05, 4.69) is 11.7 Å². The molecular weight excluding hydrogens is 204 g/mol. The molecule has 0 saturated carbocycles. The van der Waals surface area contributed by atoms with Crippen LogP contribution in [-0.4, -0.2) is 48.1 Å². The van der Waals surface area contributed by atoms with Gasteiger partial charge in [0.25, 0.3) is 0 Å². The molecule has 0 aromatic carbocycles. The third kappa shape index (κ3) is 24.5. The van der Waals surface area contributed by atoms with Crippen LogP contribution in [0.5, 0.6) is 0 Å². The van der Waals surface area contributed by atoms with E-state index in [1.54, 1.807) is 0 Å². The Hall–Kier alpha value is -1.40. The van der Waals surface area contributed by atoms with Crippen LogP contribution in [0.3, 0.4) is 0 Å². The molecule has 2 rings (SSSR count). The highest BCUT2D eigenvalue weighted by Crippen LogP contribution is 2.04. The molecule has 0 spiro atoms. The van der Waals surface area contributed by atoms with Crippen molar-refractivity contribution in [1.29, 1.82) is 0 Å². The summed E-state index contributed by atoms with van der Waals surface area (Å²) in [7, 11) is 0. The lowest BCUT2D eigenvalue weighted by Gasteiger charge is -1.74. The largest absolute Gasteiger partial charge is 0.478 e. The van der Waals surface area contributed by atoms with Crippen LogP contribution in [0.2, 0.25) is 0 Å². The predicted octanol–water partition coefficient (Wildman–Crippen LogP) is 0.133. The maximum atomic E-state index is 9.55. The third-order valence-corrected chi connectivity index (χ3v) is 1.07. The Kier molecular flexibility index (Phi) is 7.21. The van der Waals surface area contributed by atoms with Gasteiger partial charge in [-0.25, -0.2) is 9.59 Å². The zero-order chi connectivity index (χ0) is 11.7. The second-order valence-electron chi connectivity index (χ2n) is 2.77. The topological polar surface area (TPSA) is 99.7 Å². The normalized spacial score (nSPS) is 20.5. The predicted molar refractivity (Wildman–Crippen MR) is 50.6 cm³/mol. The summed E-state index contributed by atoms with van der Waals surface area (Å²) in [6, 6.07) is 0. The Morgan fingerprint density at radius 2 is 1.47 bits per heavy atom. The maximum Gasteiger partial charge on any atom is 0.328 e. The van der Waals surface area contributed by atoms with Crippen LogP contribution in [0.1, 0.15) is 6.92 Å². The van der Waals surface area contributed by atoms with Crippen LogP contribution < -0.4 is 0 Å². The van der Waals surface area contributed by atoms with E-state index < -0.39 is 11.9 Å². The van der Waals surface area contributed by atoms with Crippen LogP contribution in [0.4, 0.5) is 0 Å². The van der Waals surface area contributed by atoms with Gasteiger partial charge in [0.1, 0.15) is 0 Å². The molecule has 1 atom stereocenters. The molecule has 2 aliphatic rings. The van der Waals surface area contributed by atoms with E-state index in [4.69, 9.17) is 14.9 Å². The molecule has 0 radical (unpaired) electrons. The first-order valence-electron chi connectivity index (χ1n) is 4.35. The van der Waals surface area contributed by atoms with Gasteiger partial charge >= 0.3 is 11.9 Å². The molecule has 2 heterocycles. The molecule has 6 nitrogen and oxygen atoms in total. The molecule has 2 fully saturated rings. The second kappa shape index (κ2) is 7.95. The van der Waals surface area contributed by atoms with E-state index in [1.807, 2.05) is 0 Å². The minimum absolute atomic E-state index is 0.558. The first kappa shape index (κ1) is 13.6. The zero-order valence-corrected chi connectivity index (χ0v) is 8.38. The quantitative estimate of drug-likeness (QED) is 0.505. The van der Waals surface area contributed by atoms with E-state index in [-0.39, 0.29) is 0 Å². The van der Waals surface area contributed by atoms with Crippen molar-refractivity contribution >= 4 is 11.9 Å². The SMILES string of the molecule is C1CO1.CC1CO1.O=C(O)/C=C/C(=O)O. The number of rotatable bonds is 2. The lowest BCUT2D eigenvalue weighted by molar-refractivity contribution is -0.134. The molecule has 0 aromatic rings. The van der Waals surface area contributed by atoms with E-state index in [0.29, 0.717) is 18.3 Å². The highest BCUT2D eigenvalue weighted by molar-refractivity contribution is 5.89. The molecule has 0 aromatic heterocycles. The van der Waals surface area contributed by atoms with Crippen molar-refractivity contribution in [2.45, 2.75) is 13.0 Å². The molecule has 86 valence electrons. The zero-order valence-electron chi connectivity index (χ0n) is 8.38. The number of ether oxygens (including phenoxy) is 2. The molecule has 2 aliphatic heterocycles. The van der Waals surface area contributed by atoms with Gasteiger partial charge in [-0.05, 0) is 6.92 Å². The maximum absolute atomic E-state index is 9.55. The summed E-state index contributed by atoms with van der Waals surface area (Å²) in [5.41, 5.74) is 0. The molecule has 1 unspecified atom stereocenters. The molecule has 0 amide bonds. The van der Waals surface area contributed by atoms with Gasteiger partial charge in [-0.15, -0.1) is 0 Å². The summed E-state index contributed by atoms with van der Waals surface area (Å²) in [5.74, 6) is -2.51. The number of hydrogen-bond acceptors (Lipinski definition) is 4. The molecular formula is C9H14O6. The van der Waals surface area contributed by atoms with Gasteiger partial charge in [0.2, 0.25) is 0 Å². The summed E-state index contributed by atoms with van der Waals surface area (Å²) in [6.45, 7) is 5.04. The van der Waals surface area contributed by atoms with Gasteiger partial charge < -0.3 is 19.7 Å². The first-order valence-corrected chi connectivity index (χ1v) is 4.35. The van der Waals surface area contributed by atoms with E-state index >= 15 is 0 Å². The van der Waals surface area contributed by atoms with Crippen molar-refractivity contribution in [1.82, 2.24) is 0 Å². The number of aliphatic carboxylic acids is 2. The smallest absolute Gasteiger partial charge is 0.328 e. The fourth-order valence-corrected chi connectivity index (χ4v) is 0.239. The summed E-state index contributed by atoms with van der Waals surface area (Å²) in [4.78, 5) is 19.1. The van der Waals surface area contributed by atoms with Crippen molar-refractivity contribution < 1.29 is 29.3 Å². The fourth-order valence-electron chi connectivity index (χ4n) is 0.239. The van der Waals surface area contributed by atoms with Crippen LogP contribution >= 0.6 is 0 Å². The number of carbonyl (C=O) groups is 2. The minimum atomic E-state index is -1.26. The summed E-state index contributed by atoms with van der Waals surface area (Å²) in [6.07, 6.45) is 1.70. The van der Waals surface area contributed by atoms with Crippen LogP contribution in [0.15, 0.2) is 12.2 Å². The first-order chi connectivity index (χ1) is 7.02. The van der Waals surface area contributed by atoms with Gasteiger partial charge in [0, 0.05) is 12.2 Å². The molecule has 0 bridgehead atoms. The Balaban J connectivity index is 0.000000226. The fraction of sp³-hybridized carbons (Fsp3) is 0.556. The Morgan fingerprint density at radius 1 is 1.20 bits per heavy atom. The third-order valence-electron chi connectivity index (χ3n) is 1.07. The number of hydrogen-bond donors (Lipinski definition) is 2. The van der Waals surface area contributed by atoms with Crippen molar-refractivity contribution in [3.05, 3.63) is 12.2 Å². The van der Waals surface area contributed by atoms with Crippen LogP contribution in [-0.2, 0) is 19.1 Å². The highest BCUT2D eigenvalue weighted by atomic mass is 16.6. The van der Waals surface area contributed by atoms with Crippen LogP contribution in [0.25, 0.3) is 0 Å². The lowest BCUT2D eigenvalue weighted by atomic mass is 10.5. The van der Waals surface area contributed by atoms with E-state index in [9.17, 15) is 9.59 Å². The van der Waals surface area contributed by atoms with Crippen molar-refractivity contribution in [2.24, 2.45) is 0 Å². The number of epoxide rings is 2. The van der Waals surface area contributed by atoms with Gasteiger partial charge in [-0.3, -0.25) is 0 Å². The van der Waals surface area contributed by atoms with Crippen molar-refractivity contribution in [2.75, 3.05) is 19.8 Å². The average molecular weight is 218 g/mol. The van der Waals surface area contributed by atoms with Gasteiger partial charge in [-0.1, -0.05) is 0 Å². The van der Waals surface area contributed by atoms with Crippen LogP contribution in [0, 0.1) is 0 Å². The summed E-state index contributed by atoms with van der Waals surface area (Å²) >= 11 is 0.